The zero-order chi connectivity index (χ0) is 19.4. The van der Waals surface area contributed by atoms with Gasteiger partial charge in [0.1, 0.15) is 11.5 Å². The van der Waals surface area contributed by atoms with E-state index in [0.717, 1.165) is 5.69 Å². The molecule has 0 atom stereocenters. The Labute approximate surface area is 163 Å². The monoisotopic (exact) mass is 380 g/mol. The van der Waals surface area contributed by atoms with Crippen LogP contribution in [-0.2, 0) is 5.41 Å². The van der Waals surface area contributed by atoms with Gasteiger partial charge in [-0.05, 0) is 29.2 Å². The van der Waals surface area contributed by atoms with Crippen molar-refractivity contribution in [2.45, 2.75) is 26.2 Å². The van der Waals surface area contributed by atoms with E-state index in [0.29, 0.717) is 16.5 Å². The van der Waals surface area contributed by atoms with E-state index < -0.39 is 0 Å². The first-order valence-corrected chi connectivity index (χ1v) is 8.97. The van der Waals surface area contributed by atoms with Crippen molar-refractivity contribution < 1.29 is 4.79 Å². The molecule has 0 bridgehead atoms. The Bertz CT molecular complexity index is 949. The second kappa shape index (κ2) is 7.76. The first-order valence-electron chi connectivity index (χ1n) is 8.59. The van der Waals surface area contributed by atoms with Gasteiger partial charge in [-0.1, -0.05) is 62.7 Å². The van der Waals surface area contributed by atoms with Crippen molar-refractivity contribution >= 4 is 34.7 Å². The van der Waals surface area contributed by atoms with Crippen molar-refractivity contribution in [3.05, 3.63) is 77.2 Å². The van der Waals surface area contributed by atoms with Crippen molar-refractivity contribution in [2.75, 3.05) is 10.6 Å². The maximum absolute atomic E-state index is 12.3. The number of benzene rings is 2. The van der Waals surface area contributed by atoms with Crippen molar-refractivity contribution in [1.29, 1.82) is 0 Å². The van der Waals surface area contributed by atoms with Crippen molar-refractivity contribution in [3.8, 4) is 0 Å². The molecule has 138 valence electrons. The van der Waals surface area contributed by atoms with Gasteiger partial charge in [0.25, 0.3) is 5.91 Å². The molecule has 2 N–H and O–H groups in total. The lowest BCUT2D eigenvalue weighted by molar-refractivity contribution is 0.102. The maximum Gasteiger partial charge on any atom is 0.275 e. The highest BCUT2D eigenvalue weighted by atomic mass is 35.5. The predicted octanol–water partition coefficient (Wildman–Crippen LogP) is 5.42. The van der Waals surface area contributed by atoms with Crippen LogP contribution in [0.2, 0.25) is 5.02 Å². The van der Waals surface area contributed by atoms with E-state index in [1.54, 1.807) is 30.5 Å². The fourth-order valence-corrected chi connectivity index (χ4v) is 2.83. The number of anilines is 3. The molecule has 0 unspecified atom stereocenters. The average molecular weight is 381 g/mol. The number of nitrogens with zero attached hydrogens (tertiary/aromatic N) is 2. The summed E-state index contributed by atoms with van der Waals surface area (Å²) in [5.41, 5.74) is 2.88. The molecule has 5 nitrogen and oxygen atoms in total. The third-order valence-corrected chi connectivity index (χ3v) is 4.33. The van der Waals surface area contributed by atoms with E-state index in [-0.39, 0.29) is 17.0 Å². The molecular weight excluding hydrogens is 360 g/mol. The van der Waals surface area contributed by atoms with Crippen molar-refractivity contribution in [1.82, 2.24) is 9.97 Å². The van der Waals surface area contributed by atoms with Gasteiger partial charge in [0.15, 0.2) is 0 Å². The highest BCUT2D eigenvalue weighted by Gasteiger charge is 2.18. The summed E-state index contributed by atoms with van der Waals surface area (Å²) in [6.07, 6.45) is 2.98. The summed E-state index contributed by atoms with van der Waals surface area (Å²) in [6, 6.07) is 15.1. The minimum Gasteiger partial charge on any atom is -0.339 e. The Balaban J connectivity index is 1.75. The Morgan fingerprint density at radius 2 is 1.59 bits per heavy atom. The molecule has 0 radical (unpaired) electrons. The summed E-state index contributed by atoms with van der Waals surface area (Å²) < 4.78 is 0. The maximum atomic E-state index is 12.3. The molecule has 0 saturated heterocycles. The van der Waals surface area contributed by atoms with Crippen LogP contribution in [0.25, 0.3) is 0 Å². The fraction of sp³-hybridized carbons (Fsp3) is 0.190. The van der Waals surface area contributed by atoms with E-state index in [1.807, 2.05) is 18.2 Å². The largest absolute Gasteiger partial charge is 0.339 e. The molecule has 0 aliphatic rings. The Morgan fingerprint density at radius 1 is 0.926 bits per heavy atom. The number of carbonyl (C=O) groups is 1. The number of hydrogen-bond acceptors (Lipinski definition) is 4. The van der Waals surface area contributed by atoms with Crippen LogP contribution in [0.15, 0.2) is 60.9 Å². The zero-order valence-corrected chi connectivity index (χ0v) is 16.2. The van der Waals surface area contributed by atoms with Crippen molar-refractivity contribution in [2.24, 2.45) is 0 Å². The number of hydrogen-bond donors (Lipinski definition) is 2. The fourth-order valence-electron chi connectivity index (χ4n) is 2.64. The van der Waals surface area contributed by atoms with Crippen LogP contribution < -0.4 is 10.6 Å². The number of halogens is 1. The van der Waals surface area contributed by atoms with Crippen LogP contribution in [0.1, 0.15) is 36.8 Å². The summed E-state index contributed by atoms with van der Waals surface area (Å²) in [5, 5.41) is 6.48. The highest BCUT2D eigenvalue weighted by molar-refractivity contribution is 6.33. The molecule has 0 fully saturated rings. The normalized spacial score (nSPS) is 11.1. The Kier molecular flexibility index (Phi) is 5.42. The summed E-state index contributed by atoms with van der Waals surface area (Å²) in [5.74, 6) is 0.207. The molecule has 0 aliphatic carbocycles. The Morgan fingerprint density at radius 3 is 2.22 bits per heavy atom. The summed E-state index contributed by atoms with van der Waals surface area (Å²) in [4.78, 5) is 20.9. The predicted molar refractivity (Wildman–Crippen MR) is 110 cm³/mol. The number of carbonyl (C=O) groups excluding carboxylic acids is 1. The molecule has 1 aromatic heterocycles. The molecule has 0 saturated carbocycles. The quantitative estimate of drug-likeness (QED) is 0.633. The van der Waals surface area contributed by atoms with Crippen LogP contribution in [-0.4, -0.2) is 15.9 Å². The minimum absolute atomic E-state index is 0.00813. The van der Waals surface area contributed by atoms with E-state index in [4.69, 9.17) is 11.6 Å². The van der Waals surface area contributed by atoms with Crippen LogP contribution >= 0.6 is 11.6 Å². The van der Waals surface area contributed by atoms with E-state index in [1.165, 1.54) is 11.8 Å². The van der Waals surface area contributed by atoms with E-state index in [9.17, 15) is 4.79 Å². The van der Waals surface area contributed by atoms with Gasteiger partial charge in [-0.25, -0.2) is 9.97 Å². The minimum atomic E-state index is -0.364. The van der Waals surface area contributed by atoms with E-state index >= 15 is 0 Å². The zero-order valence-electron chi connectivity index (χ0n) is 15.5. The average Bonchev–Trinajstić information content (AvgIpc) is 2.64. The van der Waals surface area contributed by atoms with Gasteiger partial charge < -0.3 is 10.6 Å². The summed E-state index contributed by atoms with van der Waals surface area (Å²) >= 11 is 6.06. The molecule has 3 rings (SSSR count). The number of aromatic nitrogens is 2. The lowest BCUT2D eigenvalue weighted by Gasteiger charge is -2.23. The first kappa shape index (κ1) is 18.9. The van der Waals surface area contributed by atoms with Gasteiger partial charge >= 0.3 is 0 Å². The van der Waals surface area contributed by atoms with Crippen LogP contribution in [0, 0.1) is 0 Å². The van der Waals surface area contributed by atoms with E-state index in [2.05, 4.69) is 47.4 Å². The number of nitrogens with one attached hydrogen (secondary N) is 2. The molecule has 0 aliphatic heterocycles. The molecule has 0 spiro atoms. The molecule has 1 amide bonds. The van der Waals surface area contributed by atoms with Crippen molar-refractivity contribution in [3.63, 3.8) is 0 Å². The SMILES string of the molecule is CC(C)(C)c1ccccc1Nc1cnc(C(=O)Nc2ccccc2Cl)cn1. The van der Waals surface area contributed by atoms with Gasteiger partial charge in [-0.15, -0.1) is 0 Å². The third kappa shape index (κ3) is 4.63. The third-order valence-electron chi connectivity index (χ3n) is 4.00. The lowest BCUT2D eigenvalue weighted by Crippen LogP contribution is -2.15. The number of amides is 1. The molecule has 6 heteroatoms. The first-order chi connectivity index (χ1) is 12.8. The Hall–Kier alpha value is -2.92. The van der Waals surface area contributed by atoms with Crippen LogP contribution in [0.5, 0.6) is 0 Å². The lowest BCUT2D eigenvalue weighted by atomic mass is 9.86. The van der Waals surface area contributed by atoms with Crippen LogP contribution in [0.4, 0.5) is 17.2 Å². The second-order valence-electron chi connectivity index (χ2n) is 7.14. The second-order valence-corrected chi connectivity index (χ2v) is 7.55. The molecule has 3 aromatic rings. The topological polar surface area (TPSA) is 66.9 Å². The standard InChI is InChI=1S/C21H21ClN4O/c1-21(2,3)14-8-4-6-10-16(14)25-19-13-23-18(12-24-19)20(27)26-17-11-7-5-9-15(17)22/h4-13H,1-3H3,(H,24,25)(H,26,27). The van der Waals surface area contributed by atoms with Gasteiger partial charge in [0, 0.05) is 5.69 Å². The molecule has 27 heavy (non-hydrogen) atoms. The smallest absolute Gasteiger partial charge is 0.275 e. The number of para-hydroxylation sites is 2. The molecule has 2 aromatic carbocycles. The van der Waals surface area contributed by atoms with Gasteiger partial charge in [-0.3, -0.25) is 4.79 Å². The summed E-state index contributed by atoms with van der Waals surface area (Å²) in [6.45, 7) is 6.46. The molecular formula is C21H21ClN4O. The highest BCUT2D eigenvalue weighted by Crippen LogP contribution is 2.30. The van der Waals surface area contributed by atoms with Gasteiger partial charge in [-0.2, -0.15) is 0 Å². The van der Waals surface area contributed by atoms with Gasteiger partial charge in [0.05, 0.1) is 23.1 Å². The molecule has 1 heterocycles. The number of rotatable bonds is 4. The van der Waals surface area contributed by atoms with Crippen LogP contribution in [0.3, 0.4) is 0 Å². The van der Waals surface area contributed by atoms with Gasteiger partial charge in [0.2, 0.25) is 0 Å². The summed E-state index contributed by atoms with van der Waals surface area (Å²) in [7, 11) is 0.